The van der Waals surface area contributed by atoms with Gasteiger partial charge in [-0.1, -0.05) is 0 Å². The highest BCUT2D eigenvalue weighted by Gasteiger charge is 2.08. The van der Waals surface area contributed by atoms with E-state index in [2.05, 4.69) is 5.32 Å². The second-order valence-corrected chi connectivity index (χ2v) is 2.23. The lowest BCUT2D eigenvalue weighted by Crippen LogP contribution is -2.32. The Labute approximate surface area is 55.0 Å². The summed E-state index contributed by atoms with van der Waals surface area (Å²) < 4.78 is 5.15. The monoisotopic (exact) mass is 131 g/mol. The first-order valence-corrected chi connectivity index (χ1v) is 3.35. The van der Waals surface area contributed by atoms with E-state index in [1.54, 1.807) is 0 Å². The van der Waals surface area contributed by atoms with E-state index in [9.17, 15) is 0 Å². The fourth-order valence-electron chi connectivity index (χ4n) is 0.921. The molecule has 1 aliphatic rings. The maximum atomic E-state index is 8.70. The van der Waals surface area contributed by atoms with Crippen LogP contribution < -0.4 is 5.32 Å². The van der Waals surface area contributed by atoms with Crippen LogP contribution in [0.25, 0.3) is 0 Å². The normalized spacial score (nSPS) is 29.7. The minimum atomic E-state index is 0.226. The van der Waals surface area contributed by atoms with E-state index in [4.69, 9.17) is 9.84 Å². The van der Waals surface area contributed by atoms with Crippen molar-refractivity contribution in [3.8, 4) is 0 Å². The largest absolute Gasteiger partial charge is 0.395 e. The molecule has 1 aliphatic heterocycles. The molecule has 0 bridgehead atoms. The van der Waals surface area contributed by atoms with Crippen LogP contribution in [0.15, 0.2) is 0 Å². The van der Waals surface area contributed by atoms with Crippen molar-refractivity contribution in [2.75, 3.05) is 26.4 Å². The number of hydrogen-bond acceptors (Lipinski definition) is 3. The van der Waals surface area contributed by atoms with Crippen molar-refractivity contribution < 1.29 is 9.84 Å². The van der Waals surface area contributed by atoms with Crippen LogP contribution in [0.5, 0.6) is 0 Å². The number of rotatable bonds is 1. The fraction of sp³-hybridized carbons (Fsp3) is 1.00. The van der Waals surface area contributed by atoms with E-state index in [1.165, 1.54) is 0 Å². The number of hydrogen-bond donors (Lipinski definition) is 2. The standard InChI is InChI=1S/C6H13NO2/c8-5-6-1-3-9-4-2-7-6/h6-8H,1-5H2/t6-/m0/s1. The van der Waals surface area contributed by atoms with Gasteiger partial charge in [-0.05, 0) is 6.42 Å². The molecule has 0 aromatic rings. The van der Waals surface area contributed by atoms with Crippen LogP contribution in [0.4, 0.5) is 0 Å². The Kier molecular flexibility index (Phi) is 2.97. The van der Waals surface area contributed by atoms with Gasteiger partial charge in [0.1, 0.15) is 0 Å². The molecule has 0 radical (unpaired) electrons. The number of aliphatic hydroxyl groups excluding tert-OH is 1. The van der Waals surface area contributed by atoms with Crippen LogP contribution in [-0.4, -0.2) is 37.5 Å². The highest BCUT2D eigenvalue weighted by atomic mass is 16.5. The Morgan fingerprint density at radius 1 is 1.56 bits per heavy atom. The Morgan fingerprint density at radius 3 is 3.22 bits per heavy atom. The summed E-state index contributed by atoms with van der Waals surface area (Å²) in [5.41, 5.74) is 0. The molecule has 54 valence electrons. The van der Waals surface area contributed by atoms with Crippen molar-refractivity contribution in [2.24, 2.45) is 0 Å². The van der Waals surface area contributed by atoms with Crippen LogP contribution in [0.3, 0.4) is 0 Å². The summed E-state index contributed by atoms with van der Waals surface area (Å²) in [7, 11) is 0. The molecule has 0 aromatic heterocycles. The zero-order chi connectivity index (χ0) is 6.53. The highest BCUT2D eigenvalue weighted by molar-refractivity contribution is 4.66. The molecule has 0 aliphatic carbocycles. The van der Waals surface area contributed by atoms with E-state index in [0.717, 1.165) is 26.2 Å². The van der Waals surface area contributed by atoms with E-state index in [-0.39, 0.29) is 12.6 Å². The molecule has 3 nitrogen and oxygen atoms in total. The number of nitrogens with one attached hydrogen (secondary N) is 1. The lowest BCUT2D eigenvalue weighted by molar-refractivity contribution is 0.146. The van der Waals surface area contributed by atoms with Gasteiger partial charge in [-0.2, -0.15) is 0 Å². The summed E-state index contributed by atoms with van der Waals surface area (Å²) in [5.74, 6) is 0. The molecule has 2 N–H and O–H groups in total. The third-order valence-corrected chi connectivity index (χ3v) is 1.51. The van der Waals surface area contributed by atoms with E-state index in [0.29, 0.717) is 0 Å². The van der Waals surface area contributed by atoms with Gasteiger partial charge in [-0.25, -0.2) is 0 Å². The third kappa shape index (κ3) is 2.30. The maximum Gasteiger partial charge on any atom is 0.0591 e. The van der Waals surface area contributed by atoms with Crippen molar-refractivity contribution in [3.05, 3.63) is 0 Å². The average Bonchev–Trinajstić information content (AvgIpc) is 2.13. The first-order chi connectivity index (χ1) is 4.43. The summed E-state index contributed by atoms with van der Waals surface area (Å²) in [6.07, 6.45) is 0.927. The molecule has 0 amide bonds. The third-order valence-electron chi connectivity index (χ3n) is 1.51. The van der Waals surface area contributed by atoms with E-state index >= 15 is 0 Å². The SMILES string of the molecule is OC[C@@H]1CCOCCN1. The van der Waals surface area contributed by atoms with Crippen molar-refractivity contribution in [2.45, 2.75) is 12.5 Å². The maximum absolute atomic E-state index is 8.70. The Hall–Kier alpha value is -0.120. The zero-order valence-corrected chi connectivity index (χ0v) is 5.47. The Balaban J connectivity index is 2.18. The molecule has 1 saturated heterocycles. The lowest BCUT2D eigenvalue weighted by atomic mass is 10.2. The zero-order valence-electron chi connectivity index (χ0n) is 5.47. The van der Waals surface area contributed by atoms with Gasteiger partial charge < -0.3 is 15.2 Å². The quantitative estimate of drug-likeness (QED) is 0.497. The molecule has 3 heteroatoms. The van der Waals surface area contributed by atoms with Gasteiger partial charge >= 0.3 is 0 Å². The highest BCUT2D eigenvalue weighted by Crippen LogP contribution is 1.95. The van der Waals surface area contributed by atoms with Crippen LogP contribution in [0.2, 0.25) is 0 Å². The van der Waals surface area contributed by atoms with Crippen molar-refractivity contribution in [1.82, 2.24) is 5.32 Å². The molecule has 0 aromatic carbocycles. The van der Waals surface area contributed by atoms with Crippen LogP contribution >= 0.6 is 0 Å². The molecular weight excluding hydrogens is 118 g/mol. The predicted molar refractivity (Wildman–Crippen MR) is 34.3 cm³/mol. The number of aliphatic hydroxyl groups is 1. The molecule has 1 atom stereocenters. The molecule has 1 fully saturated rings. The second kappa shape index (κ2) is 3.82. The molecule has 1 rings (SSSR count). The van der Waals surface area contributed by atoms with Crippen LogP contribution in [0.1, 0.15) is 6.42 Å². The molecule has 1 heterocycles. The molecular formula is C6H13NO2. The summed E-state index contributed by atoms with van der Waals surface area (Å²) >= 11 is 0. The molecule has 0 spiro atoms. The molecule has 0 unspecified atom stereocenters. The van der Waals surface area contributed by atoms with Crippen LogP contribution in [-0.2, 0) is 4.74 Å². The van der Waals surface area contributed by atoms with Gasteiger partial charge in [-0.15, -0.1) is 0 Å². The molecule has 0 saturated carbocycles. The van der Waals surface area contributed by atoms with E-state index < -0.39 is 0 Å². The summed E-state index contributed by atoms with van der Waals surface area (Å²) in [6, 6.07) is 0.257. The topological polar surface area (TPSA) is 41.5 Å². The predicted octanol–water partition coefficient (Wildman–Crippen LogP) is -0.643. The minimum absolute atomic E-state index is 0.226. The fourth-order valence-corrected chi connectivity index (χ4v) is 0.921. The first kappa shape index (κ1) is 6.99. The van der Waals surface area contributed by atoms with Crippen LogP contribution in [0, 0.1) is 0 Å². The van der Waals surface area contributed by atoms with Crippen molar-refractivity contribution >= 4 is 0 Å². The van der Waals surface area contributed by atoms with Gasteiger partial charge in [0.25, 0.3) is 0 Å². The summed E-state index contributed by atoms with van der Waals surface area (Å²) in [5, 5.41) is 11.9. The van der Waals surface area contributed by atoms with Gasteiger partial charge in [0, 0.05) is 19.2 Å². The lowest BCUT2D eigenvalue weighted by Gasteiger charge is -2.09. The average molecular weight is 131 g/mol. The first-order valence-electron chi connectivity index (χ1n) is 3.35. The van der Waals surface area contributed by atoms with Gasteiger partial charge in [0.2, 0.25) is 0 Å². The van der Waals surface area contributed by atoms with Gasteiger partial charge in [0.15, 0.2) is 0 Å². The molecule has 9 heavy (non-hydrogen) atoms. The van der Waals surface area contributed by atoms with Gasteiger partial charge in [0.05, 0.1) is 13.2 Å². The second-order valence-electron chi connectivity index (χ2n) is 2.23. The van der Waals surface area contributed by atoms with Gasteiger partial charge in [-0.3, -0.25) is 0 Å². The van der Waals surface area contributed by atoms with Crippen molar-refractivity contribution in [3.63, 3.8) is 0 Å². The smallest absolute Gasteiger partial charge is 0.0591 e. The summed E-state index contributed by atoms with van der Waals surface area (Å²) in [6.45, 7) is 2.64. The minimum Gasteiger partial charge on any atom is -0.395 e. The van der Waals surface area contributed by atoms with E-state index in [1.807, 2.05) is 0 Å². The Morgan fingerprint density at radius 2 is 2.44 bits per heavy atom. The Bertz CT molecular complexity index is 69.5. The van der Waals surface area contributed by atoms with Crippen molar-refractivity contribution in [1.29, 1.82) is 0 Å². The summed E-state index contributed by atoms with van der Waals surface area (Å²) in [4.78, 5) is 0. The number of ether oxygens (including phenoxy) is 1.